The Morgan fingerprint density at radius 2 is 1.56 bits per heavy atom. The maximum atomic E-state index is 14.8. The molecule has 0 saturated heterocycles. The smallest absolute Gasteiger partial charge is 0.410 e. The van der Waals surface area contributed by atoms with Gasteiger partial charge in [-0.05, 0) is 76.1 Å². The van der Waals surface area contributed by atoms with E-state index in [4.69, 9.17) is 14.6 Å². The van der Waals surface area contributed by atoms with Crippen LogP contribution in [0.4, 0.5) is 9.18 Å². The van der Waals surface area contributed by atoms with Gasteiger partial charge in [-0.1, -0.05) is 54.5 Å². The maximum Gasteiger partial charge on any atom is 0.410 e. The van der Waals surface area contributed by atoms with Crippen LogP contribution in [0, 0.1) is 17.2 Å². The van der Waals surface area contributed by atoms with Gasteiger partial charge < -0.3 is 34.7 Å². The van der Waals surface area contributed by atoms with Crippen LogP contribution in [-0.4, -0.2) is 106 Å². The van der Waals surface area contributed by atoms with Crippen molar-refractivity contribution in [3.8, 4) is 0 Å². The minimum Gasteiger partial charge on any atom is -0.481 e. The van der Waals surface area contributed by atoms with Gasteiger partial charge in [-0.3, -0.25) is 24.1 Å². The molecule has 0 aliphatic carbocycles. The summed E-state index contributed by atoms with van der Waals surface area (Å²) in [5.74, 6) is -4.37. The number of aryl methyl sites for hydroxylation is 1. The predicted molar refractivity (Wildman–Crippen MR) is 216 cm³/mol. The van der Waals surface area contributed by atoms with E-state index in [0.717, 1.165) is 5.52 Å². The number of amides is 4. The van der Waals surface area contributed by atoms with E-state index in [0.29, 0.717) is 10.9 Å². The molecule has 0 bridgehead atoms. The number of fused-ring (bicyclic) bond motifs is 1. The van der Waals surface area contributed by atoms with Crippen LogP contribution in [0.3, 0.4) is 0 Å². The van der Waals surface area contributed by atoms with Crippen molar-refractivity contribution >= 4 is 46.7 Å². The van der Waals surface area contributed by atoms with Gasteiger partial charge in [-0.15, -0.1) is 0 Å². The van der Waals surface area contributed by atoms with Crippen LogP contribution < -0.4 is 10.6 Å². The van der Waals surface area contributed by atoms with E-state index in [1.165, 1.54) is 35.9 Å². The molecule has 1 aromatic carbocycles. The third-order valence-corrected chi connectivity index (χ3v) is 9.83. The van der Waals surface area contributed by atoms with Gasteiger partial charge in [0.2, 0.25) is 17.7 Å². The second kappa shape index (κ2) is 19.0. The summed E-state index contributed by atoms with van der Waals surface area (Å²) in [6, 6.07) is 0.111. The van der Waals surface area contributed by atoms with Crippen LogP contribution in [0.2, 0.25) is 0 Å². The number of benzene rings is 1. The standard InChI is InChI=1S/C42H64FN5O9/c1-16-56-38(54)29(18-20-32(49)50)44-35(51)25(4)21-31(24(2)3)47(14)37(53)33(40(5,6)7)45-36(52)34(48(15)39(55)57-41(8,9)10)42(11,12)28-23-46(13)30-19-17-26(43)22-27(28)30/h17,19,21-24,29,31,33-34H,16,18,20H2,1-15H3,(H,44,51)(H,45,52)(H,49,50)/b25-21+/t29-,31-,33?,34-/m1/s1. The molecule has 4 atom stereocenters. The Kier molecular flexibility index (Phi) is 16.1. The van der Waals surface area contributed by atoms with E-state index >= 15 is 0 Å². The number of halogens is 1. The van der Waals surface area contributed by atoms with E-state index in [1.807, 2.05) is 18.4 Å². The molecule has 0 radical (unpaired) electrons. The first kappa shape index (κ1) is 48.2. The van der Waals surface area contributed by atoms with Gasteiger partial charge >= 0.3 is 18.0 Å². The fourth-order valence-electron chi connectivity index (χ4n) is 6.79. The number of rotatable bonds is 16. The van der Waals surface area contributed by atoms with E-state index < -0.39 is 82.2 Å². The van der Waals surface area contributed by atoms with E-state index in [2.05, 4.69) is 10.6 Å². The summed E-state index contributed by atoms with van der Waals surface area (Å²) in [5.41, 5.74) is -1.44. The number of carbonyl (C=O) groups excluding carboxylic acids is 5. The Hall–Kier alpha value is -4.95. The molecule has 0 saturated carbocycles. The number of nitrogens with one attached hydrogen (secondary N) is 2. The highest BCUT2D eigenvalue weighted by atomic mass is 19.1. The zero-order chi connectivity index (χ0) is 44.0. The number of hydrogen-bond acceptors (Lipinski definition) is 8. The summed E-state index contributed by atoms with van der Waals surface area (Å²) < 4.78 is 27.2. The Balaban J connectivity index is 2.60. The van der Waals surface area contributed by atoms with Crippen molar-refractivity contribution in [3.05, 3.63) is 47.4 Å². The Morgan fingerprint density at radius 1 is 0.965 bits per heavy atom. The number of carboxylic acid groups (broad SMARTS) is 1. The van der Waals surface area contributed by atoms with Gasteiger partial charge in [0.15, 0.2) is 0 Å². The SMILES string of the molecule is CCOC(=O)[C@@H](CCC(=O)O)NC(=O)/C(C)=C/[C@H](C(C)C)N(C)C(=O)C(NC(=O)[C@@H](N(C)C(=O)OC(C)(C)C)C(C)(C)c1cn(C)c2ccc(F)cc12)C(C)(C)C. The monoisotopic (exact) mass is 801 g/mol. The number of hydrogen-bond donors (Lipinski definition) is 3. The van der Waals surface area contributed by atoms with E-state index in [-0.39, 0.29) is 30.9 Å². The summed E-state index contributed by atoms with van der Waals surface area (Å²) in [6.45, 7) is 20.9. The molecular weight excluding hydrogens is 737 g/mol. The lowest BCUT2D eigenvalue weighted by atomic mass is 9.76. The molecule has 0 aliphatic rings. The summed E-state index contributed by atoms with van der Waals surface area (Å²) >= 11 is 0. The Labute approximate surface area is 336 Å². The zero-order valence-electron chi connectivity index (χ0n) is 36.3. The van der Waals surface area contributed by atoms with Crippen molar-refractivity contribution in [2.24, 2.45) is 18.4 Å². The van der Waals surface area contributed by atoms with E-state index in [1.54, 1.807) is 94.7 Å². The van der Waals surface area contributed by atoms with Gasteiger partial charge in [0, 0.05) is 55.7 Å². The summed E-state index contributed by atoms with van der Waals surface area (Å²) in [6.07, 6.45) is 2.06. The average Bonchev–Trinajstić information content (AvgIpc) is 3.41. The van der Waals surface area contributed by atoms with Crippen LogP contribution in [0.15, 0.2) is 36.0 Å². The highest BCUT2D eigenvalue weighted by Gasteiger charge is 2.47. The van der Waals surface area contributed by atoms with Gasteiger partial charge in [0.1, 0.15) is 29.5 Å². The number of aliphatic carboxylic acids is 1. The first-order valence-electron chi connectivity index (χ1n) is 19.2. The first-order chi connectivity index (χ1) is 26.0. The molecule has 57 heavy (non-hydrogen) atoms. The molecule has 1 aromatic heterocycles. The van der Waals surface area contributed by atoms with Crippen molar-refractivity contribution in [2.75, 3.05) is 20.7 Å². The maximum absolute atomic E-state index is 14.8. The molecular formula is C42H64FN5O9. The first-order valence-corrected chi connectivity index (χ1v) is 19.2. The number of carboxylic acids is 1. The van der Waals surface area contributed by atoms with E-state index in [9.17, 15) is 33.2 Å². The van der Waals surface area contributed by atoms with Crippen LogP contribution in [0.25, 0.3) is 10.9 Å². The summed E-state index contributed by atoms with van der Waals surface area (Å²) in [7, 11) is 4.82. The Morgan fingerprint density at radius 3 is 2.07 bits per heavy atom. The van der Waals surface area contributed by atoms with Crippen molar-refractivity contribution in [1.29, 1.82) is 0 Å². The normalized spacial score (nSPS) is 14.6. The minimum absolute atomic E-state index is 0.0413. The lowest BCUT2D eigenvalue weighted by molar-refractivity contribution is -0.147. The fraction of sp³-hybridized carbons (Fsp3) is 0.619. The van der Waals surface area contributed by atoms with Crippen molar-refractivity contribution in [2.45, 2.75) is 131 Å². The van der Waals surface area contributed by atoms with Crippen LogP contribution in [0.1, 0.15) is 101 Å². The molecule has 3 N–H and O–H groups in total. The number of ether oxygens (including phenoxy) is 2. The number of aromatic nitrogens is 1. The molecule has 0 spiro atoms. The van der Waals surface area contributed by atoms with Gasteiger partial charge in [0.25, 0.3) is 0 Å². The van der Waals surface area contributed by atoms with Crippen LogP contribution in [0.5, 0.6) is 0 Å². The summed E-state index contributed by atoms with van der Waals surface area (Å²) in [4.78, 5) is 82.7. The molecule has 318 valence electrons. The fourth-order valence-corrected chi connectivity index (χ4v) is 6.79. The summed E-state index contributed by atoms with van der Waals surface area (Å²) in [5, 5.41) is 15.2. The minimum atomic E-state index is -1.26. The number of esters is 1. The number of nitrogens with zero attached hydrogens (tertiary/aromatic N) is 3. The predicted octanol–water partition coefficient (Wildman–Crippen LogP) is 5.70. The third kappa shape index (κ3) is 12.5. The lowest BCUT2D eigenvalue weighted by Crippen LogP contribution is -2.63. The molecule has 4 amide bonds. The molecule has 2 rings (SSSR count). The highest BCUT2D eigenvalue weighted by Crippen LogP contribution is 2.37. The molecule has 15 heteroatoms. The largest absolute Gasteiger partial charge is 0.481 e. The topological polar surface area (TPSA) is 177 Å². The molecule has 0 fully saturated rings. The molecule has 2 aromatic rings. The second-order valence-corrected chi connectivity index (χ2v) is 17.6. The zero-order valence-corrected chi connectivity index (χ0v) is 36.3. The molecule has 14 nitrogen and oxygen atoms in total. The molecule has 0 aliphatic heterocycles. The lowest BCUT2D eigenvalue weighted by Gasteiger charge is -2.42. The number of likely N-dealkylation sites (N-methyl/N-ethyl adjacent to an activating group) is 2. The molecule has 1 unspecified atom stereocenters. The van der Waals surface area contributed by atoms with Crippen molar-refractivity contribution in [1.82, 2.24) is 25.0 Å². The van der Waals surface area contributed by atoms with Crippen molar-refractivity contribution in [3.63, 3.8) is 0 Å². The third-order valence-electron chi connectivity index (χ3n) is 9.83. The van der Waals surface area contributed by atoms with Crippen LogP contribution in [-0.2, 0) is 45.9 Å². The van der Waals surface area contributed by atoms with Gasteiger partial charge in [-0.2, -0.15) is 0 Å². The second-order valence-electron chi connectivity index (χ2n) is 17.6. The number of carbonyl (C=O) groups is 6. The quantitative estimate of drug-likeness (QED) is 0.142. The molecule has 1 heterocycles. The van der Waals surface area contributed by atoms with Crippen molar-refractivity contribution < 1.29 is 47.7 Å². The van der Waals surface area contributed by atoms with Crippen LogP contribution >= 0.6 is 0 Å². The average molecular weight is 802 g/mol. The highest BCUT2D eigenvalue weighted by molar-refractivity contribution is 5.97. The van der Waals surface area contributed by atoms with Gasteiger partial charge in [0.05, 0.1) is 12.6 Å². The van der Waals surface area contributed by atoms with Gasteiger partial charge in [-0.25, -0.2) is 14.0 Å². The Bertz CT molecular complexity index is 1840.